The maximum atomic E-state index is 9.18. The van der Waals surface area contributed by atoms with Gasteiger partial charge >= 0.3 is 0 Å². The Labute approximate surface area is 50.7 Å². The van der Waals surface area contributed by atoms with E-state index in [4.69, 9.17) is 0 Å². The highest BCUT2D eigenvalue weighted by Gasteiger charge is 2.17. The van der Waals surface area contributed by atoms with Crippen LogP contribution < -0.4 is 0 Å². The lowest BCUT2D eigenvalue weighted by molar-refractivity contribution is 0.0793. The largest absolute Gasteiger partial charge is 0.393 e. The van der Waals surface area contributed by atoms with Gasteiger partial charge in [0.05, 0.1) is 6.10 Å². The molecule has 48 valence electrons. The maximum Gasteiger partial charge on any atom is 0.0565 e. The predicted molar refractivity (Wildman–Crippen MR) is 33.6 cm³/mol. The number of aliphatic hydroxyl groups is 1. The fourth-order valence-corrected chi connectivity index (χ4v) is 1.30. The first-order valence-electron chi connectivity index (χ1n) is 3.49. The number of hydrogen-bond donors (Lipinski definition) is 1. The fraction of sp³-hybridized carbons (Fsp3) is 1.00. The van der Waals surface area contributed by atoms with Crippen LogP contribution in [0.4, 0.5) is 0 Å². The molecule has 1 fully saturated rings. The molecule has 1 N–H and O–H groups in total. The average molecular weight is 114 g/mol. The molecule has 0 aromatic heterocycles. The third-order valence-corrected chi connectivity index (χ3v) is 2.07. The smallest absolute Gasteiger partial charge is 0.0565 e. The molecule has 0 amide bonds. The van der Waals surface area contributed by atoms with Gasteiger partial charge in [0.1, 0.15) is 0 Å². The van der Waals surface area contributed by atoms with E-state index in [1.54, 1.807) is 0 Å². The van der Waals surface area contributed by atoms with Crippen LogP contribution in [-0.2, 0) is 0 Å². The second kappa shape index (κ2) is 2.49. The Morgan fingerprint density at radius 1 is 1.25 bits per heavy atom. The van der Waals surface area contributed by atoms with Crippen molar-refractivity contribution >= 4 is 0 Å². The van der Waals surface area contributed by atoms with Crippen molar-refractivity contribution in [1.29, 1.82) is 0 Å². The van der Waals surface area contributed by atoms with Crippen LogP contribution in [-0.4, -0.2) is 11.2 Å². The minimum Gasteiger partial charge on any atom is -0.393 e. The quantitative estimate of drug-likeness (QED) is 0.506. The minimum atomic E-state index is 0.00347. The molecular formula is C7H14O. The van der Waals surface area contributed by atoms with Gasteiger partial charge in [-0.3, -0.25) is 0 Å². The van der Waals surface area contributed by atoms with Gasteiger partial charge in [0.25, 0.3) is 0 Å². The van der Waals surface area contributed by atoms with Crippen LogP contribution in [0, 0.1) is 5.92 Å². The highest BCUT2D eigenvalue weighted by atomic mass is 16.3. The number of aliphatic hydroxyl groups excluding tert-OH is 1. The summed E-state index contributed by atoms with van der Waals surface area (Å²) in [5.41, 5.74) is 0. The van der Waals surface area contributed by atoms with Gasteiger partial charge < -0.3 is 5.11 Å². The molecule has 1 unspecified atom stereocenters. The predicted octanol–water partition coefficient (Wildman–Crippen LogP) is 1.56. The topological polar surface area (TPSA) is 20.2 Å². The first kappa shape index (κ1) is 6.09. The van der Waals surface area contributed by atoms with E-state index >= 15 is 0 Å². The van der Waals surface area contributed by atoms with E-state index in [0.717, 1.165) is 6.42 Å². The van der Waals surface area contributed by atoms with Crippen molar-refractivity contribution < 1.29 is 5.11 Å². The van der Waals surface area contributed by atoms with E-state index < -0.39 is 0 Å². The van der Waals surface area contributed by atoms with E-state index in [2.05, 4.69) is 6.92 Å². The van der Waals surface area contributed by atoms with Crippen LogP contribution in [0.1, 0.15) is 32.6 Å². The summed E-state index contributed by atoms with van der Waals surface area (Å²) in [6.07, 6.45) is 4.80. The average Bonchev–Trinajstić information content (AvgIpc) is 1.77. The van der Waals surface area contributed by atoms with E-state index in [9.17, 15) is 5.11 Å². The highest BCUT2D eigenvalue weighted by Crippen LogP contribution is 2.22. The Morgan fingerprint density at radius 3 is 2.25 bits per heavy atom. The normalized spacial score (nSPS) is 39.8. The fourth-order valence-electron chi connectivity index (χ4n) is 1.30. The standard InChI is InChI=1S/C7H14O/c1-6-4-2-3-5-7(6)8/h6-8H,2-5H2,1H3/t6?,7-/m1/s1. The summed E-state index contributed by atoms with van der Waals surface area (Å²) in [5, 5.41) is 9.18. The molecule has 0 aliphatic heterocycles. The molecule has 0 spiro atoms. The van der Waals surface area contributed by atoms with Crippen LogP contribution in [0.3, 0.4) is 0 Å². The second-order valence-electron chi connectivity index (χ2n) is 2.83. The van der Waals surface area contributed by atoms with Crippen LogP contribution in [0.2, 0.25) is 0 Å². The molecule has 0 aromatic carbocycles. The first-order valence-corrected chi connectivity index (χ1v) is 3.49. The molecule has 0 radical (unpaired) electrons. The van der Waals surface area contributed by atoms with Crippen LogP contribution in [0.25, 0.3) is 0 Å². The van der Waals surface area contributed by atoms with Crippen molar-refractivity contribution in [2.45, 2.75) is 38.7 Å². The van der Waals surface area contributed by atoms with Crippen molar-refractivity contribution in [3.63, 3.8) is 0 Å². The molecule has 1 saturated carbocycles. The van der Waals surface area contributed by atoms with Gasteiger partial charge in [0.2, 0.25) is 0 Å². The summed E-state index contributed by atoms with van der Waals surface area (Å²) in [5.74, 6) is 0.559. The van der Waals surface area contributed by atoms with E-state index in [0.29, 0.717) is 5.92 Å². The molecule has 0 heterocycles. The Bertz CT molecular complexity index is 60.8. The van der Waals surface area contributed by atoms with Gasteiger partial charge in [-0.15, -0.1) is 0 Å². The van der Waals surface area contributed by atoms with Gasteiger partial charge in [-0.25, -0.2) is 0 Å². The summed E-state index contributed by atoms with van der Waals surface area (Å²) < 4.78 is 0. The molecule has 1 aliphatic carbocycles. The third kappa shape index (κ3) is 1.22. The Hall–Kier alpha value is -0.0400. The molecule has 8 heavy (non-hydrogen) atoms. The first-order chi connectivity index (χ1) is 3.80. The van der Waals surface area contributed by atoms with Gasteiger partial charge in [-0.05, 0) is 18.8 Å². The van der Waals surface area contributed by atoms with E-state index in [-0.39, 0.29) is 6.10 Å². The zero-order valence-electron chi connectivity index (χ0n) is 5.43. The lowest BCUT2D eigenvalue weighted by Gasteiger charge is -2.23. The molecule has 2 atom stereocenters. The van der Waals surface area contributed by atoms with Gasteiger partial charge in [0, 0.05) is 0 Å². The van der Waals surface area contributed by atoms with Gasteiger partial charge in [0.15, 0.2) is 0 Å². The molecule has 0 saturated heterocycles. The second-order valence-corrected chi connectivity index (χ2v) is 2.83. The summed E-state index contributed by atoms with van der Waals surface area (Å²) >= 11 is 0. The third-order valence-electron chi connectivity index (χ3n) is 2.07. The van der Waals surface area contributed by atoms with Crippen molar-refractivity contribution in [3.8, 4) is 0 Å². The number of rotatable bonds is 0. The maximum absolute atomic E-state index is 9.18. The monoisotopic (exact) mass is 114 g/mol. The van der Waals surface area contributed by atoms with Crippen molar-refractivity contribution in [2.24, 2.45) is 5.92 Å². The van der Waals surface area contributed by atoms with Crippen LogP contribution in [0.15, 0.2) is 0 Å². The Balaban J connectivity index is 2.28. The van der Waals surface area contributed by atoms with Crippen LogP contribution in [0.5, 0.6) is 0 Å². The zero-order chi connectivity index (χ0) is 5.98. The van der Waals surface area contributed by atoms with Gasteiger partial charge in [-0.1, -0.05) is 19.8 Å². The highest BCUT2D eigenvalue weighted by molar-refractivity contribution is 4.69. The molecule has 1 rings (SSSR count). The molecule has 1 nitrogen and oxygen atoms in total. The minimum absolute atomic E-state index is 0.00347. The Morgan fingerprint density at radius 2 is 1.88 bits per heavy atom. The van der Waals surface area contributed by atoms with Crippen LogP contribution >= 0.6 is 0 Å². The molecule has 1 heteroatoms. The SMILES string of the molecule is CC1CCCC[C@H]1O. The summed E-state index contributed by atoms with van der Waals surface area (Å²) in [6, 6.07) is 0. The summed E-state index contributed by atoms with van der Waals surface area (Å²) in [7, 11) is 0. The van der Waals surface area contributed by atoms with Crippen molar-refractivity contribution in [2.75, 3.05) is 0 Å². The lowest BCUT2D eigenvalue weighted by Crippen LogP contribution is -2.21. The molecular weight excluding hydrogens is 100 g/mol. The zero-order valence-corrected chi connectivity index (χ0v) is 5.43. The van der Waals surface area contributed by atoms with Crippen molar-refractivity contribution in [1.82, 2.24) is 0 Å². The summed E-state index contributed by atoms with van der Waals surface area (Å²) in [6.45, 7) is 2.13. The summed E-state index contributed by atoms with van der Waals surface area (Å²) in [4.78, 5) is 0. The van der Waals surface area contributed by atoms with Gasteiger partial charge in [-0.2, -0.15) is 0 Å². The van der Waals surface area contributed by atoms with E-state index in [1.165, 1.54) is 19.3 Å². The molecule has 0 bridgehead atoms. The van der Waals surface area contributed by atoms with Crippen molar-refractivity contribution in [3.05, 3.63) is 0 Å². The molecule has 0 aromatic rings. The van der Waals surface area contributed by atoms with E-state index in [1.807, 2.05) is 0 Å². The number of hydrogen-bond acceptors (Lipinski definition) is 1. The lowest BCUT2D eigenvalue weighted by atomic mass is 9.88. The Kier molecular flexibility index (Phi) is 1.90. The molecule has 1 aliphatic rings.